The average molecular weight is 436 g/mol. The number of nitrogens with one attached hydrogen (secondary N) is 2. The number of amides is 2. The van der Waals surface area contributed by atoms with Crippen molar-refractivity contribution in [1.29, 1.82) is 0 Å². The molecular weight excluding hydrogens is 419 g/mol. The first kappa shape index (κ1) is 18.2. The van der Waals surface area contributed by atoms with Crippen LogP contribution in [-0.4, -0.2) is 30.1 Å². The molecule has 0 aliphatic heterocycles. The second kappa shape index (κ2) is 9.19. The molecular formula is C18H17IN2O3. The Hall–Kier alpha value is -2.19. The number of benzene rings is 2. The van der Waals surface area contributed by atoms with Gasteiger partial charge in [-0.05, 0) is 46.4 Å². The summed E-state index contributed by atoms with van der Waals surface area (Å²) in [6.07, 6.45) is 1.60. The summed E-state index contributed by atoms with van der Waals surface area (Å²) in [7, 11) is 0. The lowest BCUT2D eigenvalue weighted by Gasteiger charge is -2.11. The van der Waals surface area contributed by atoms with Gasteiger partial charge in [0.15, 0.2) is 0 Å². The van der Waals surface area contributed by atoms with E-state index in [4.69, 9.17) is 5.11 Å². The van der Waals surface area contributed by atoms with E-state index in [0.717, 1.165) is 9.13 Å². The third-order valence-electron chi connectivity index (χ3n) is 3.12. The topological polar surface area (TPSA) is 78.4 Å². The Morgan fingerprint density at radius 3 is 2.38 bits per heavy atom. The molecule has 124 valence electrons. The molecule has 5 nitrogen and oxygen atoms in total. The molecule has 0 atom stereocenters. The second-order valence-electron chi connectivity index (χ2n) is 4.88. The van der Waals surface area contributed by atoms with Gasteiger partial charge in [0.05, 0.1) is 12.2 Å². The highest BCUT2D eigenvalue weighted by Gasteiger charge is 2.15. The molecule has 0 bridgehead atoms. The first-order valence-electron chi connectivity index (χ1n) is 7.33. The molecule has 6 heteroatoms. The van der Waals surface area contributed by atoms with Crippen LogP contribution in [0.1, 0.15) is 15.9 Å². The number of carbonyl (C=O) groups excluding carboxylic acids is 2. The molecule has 0 aliphatic carbocycles. The van der Waals surface area contributed by atoms with Crippen molar-refractivity contribution in [2.75, 3.05) is 13.2 Å². The SMILES string of the molecule is O=C(NCCO)/C(=C\c1ccccc1)NC(=O)c1ccccc1I. The molecule has 2 aromatic carbocycles. The summed E-state index contributed by atoms with van der Waals surface area (Å²) in [5.74, 6) is -0.812. The number of halogens is 1. The molecule has 0 aromatic heterocycles. The fourth-order valence-electron chi connectivity index (χ4n) is 1.97. The van der Waals surface area contributed by atoms with Crippen LogP contribution in [0, 0.1) is 3.57 Å². The maximum absolute atomic E-state index is 12.5. The van der Waals surface area contributed by atoms with Gasteiger partial charge >= 0.3 is 0 Å². The molecule has 0 heterocycles. The maximum Gasteiger partial charge on any atom is 0.267 e. The summed E-state index contributed by atoms with van der Waals surface area (Å²) >= 11 is 2.07. The van der Waals surface area contributed by atoms with Crippen LogP contribution < -0.4 is 10.6 Å². The Balaban J connectivity index is 2.26. The summed E-state index contributed by atoms with van der Waals surface area (Å²) in [6, 6.07) is 16.3. The first-order valence-corrected chi connectivity index (χ1v) is 8.41. The van der Waals surface area contributed by atoms with E-state index in [-0.39, 0.29) is 24.8 Å². The zero-order chi connectivity index (χ0) is 17.4. The summed E-state index contributed by atoms with van der Waals surface area (Å²) in [5.41, 5.74) is 1.40. The van der Waals surface area contributed by atoms with E-state index in [2.05, 4.69) is 33.2 Å². The van der Waals surface area contributed by atoms with Gasteiger partial charge in [-0.25, -0.2) is 0 Å². The van der Waals surface area contributed by atoms with Gasteiger partial charge in [-0.1, -0.05) is 42.5 Å². The minimum atomic E-state index is -0.452. The summed E-state index contributed by atoms with van der Waals surface area (Å²) in [6.45, 7) is -0.0570. The van der Waals surface area contributed by atoms with Gasteiger partial charge in [0, 0.05) is 10.1 Å². The van der Waals surface area contributed by atoms with E-state index in [1.807, 2.05) is 42.5 Å². The van der Waals surface area contributed by atoms with Crippen molar-refractivity contribution in [3.8, 4) is 0 Å². The molecule has 2 aromatic rings. The normalized spacial score (nSPS) is 11.0. The van der Waals surface area contributed by atoms with Crippen LogP contribution in [0.5, 0.6) is 0 Å². The van der Waals surface area contributed by atoms with Crippen molar-refractivity contribution in [1.82, 2.24) is 10.6 Å². The quantitative estimate of drug-likeness (QED) is 0.480. The minimum absolute atomic E-state index is 0.115. The van der Waals surface area contributed by atoms with Crippen molar-refractivity contribution >= 4 is 40.5 Å². The largest absolute Gasteiger partial charge is 0.395 e. The Kier molecular flexibility index (Phi) is 6.95. The molecule has 24 heavy (non-hydrogen) atoms. The smallest absolute Gasteiger partial charge is 0.267 e. The highest BCUT2D eigenvalue weighted by atomic mass is 127. The Morgan fingerprint density at radius 1 is 1.04 bits per heavy atom. The van der Waals surface area contributed by atoms with Crippen molar-refractivity contribution in [3.05, 3.63) is 75.0 Å². The van der Waals surface area contributed by atoms with Gasteiger partial charge in [-0.15, -0.1) is 0 Å². The van der Waals surface area contributed by atoms with E-state index < -0.39 is 5.91 Å². The van der Waals surface area contributed by atoms with E-state index >= 15 is 0 Å². The molecule has 0 unspecified atom stereocenters. The average Bonchev–Trinajstić information content (AvgIpc) is 2.60. The van der Waals surface area contributed by atoms with Gasteiger partial charge in [0.2, 0.25) is 0 Å². The van der Waals surface area contributed by atoms with E-state index in [1.165, 1.54) is 0 Å². The molecule has 3 N–H and O–H groups in total. The van der Waals surface area contributed by atoms with E-state index in [0.29, 0.717) is 5.56 Å². The summed E-state index contributed by atoms with van der Waals surface area (Å²) in [5, 5.41) is 14.1. The predicted molar refractivity (Wildman–Crippen MR) is 101 cm³/mol. The number of carbonyl (C=O) groups is 2. The van der Waals surface area contributed by atoms with Crippen LogP contribution >= 0.6 is 22.6 Å². The van der Waals surface area contributed by atoms with E-state index in [9.17, 15) is 9.59 Å². The highest BCUT2D eigenvalue weighted by Crippen LogP contribution is 2.12. The fraction of sp³-hybridized carbons (Fsp3) is 0.111. The molecule has 0 radical (unpaired) electrons. The third kappa shape index (κ3) is 5.17. The van der Waals surface area contributed by atoms with E-state index in [1.54, 1.807) is 18.2 Å². The van der Waals surface area contributed by atoms with Gasteiger partial charge < -0.3 is 15.7 Å². The summed E-state index contributed by atoms with van der Waals surface area (Å²) < 4.78 is 0.794. The van der Waals surface area contributed by atoms with Crippen molar-refractivity contribution in [2.45, 2.75) is 0 Å². The monoisotopic (exact) mass is 436 g/mol. The zero-order valence-electron chi connectivity index (χ0n) is 12.8. The Labute approximate surface area is 153 Å². The van der Waals surface area contributed by atoms with Crippen LogP contribution in [0.15, 0.2) is 60.3 Å². The van der Waals surface area contributed by atoms with Crippen molar-refractivity contribution in [2.24, 2.45) is 0 Å². The highest BCUT2D eigenvalue weighted by molar-refractivity contribution is 14.1. The Morgan fingerprint density at radius 2 is 1.71 bits per heavy atom. The molecule has 2 rings (SSSR count). The van der Waals surface area contributed by atoms with Gasteiger partial charge in [-0.3, -0.25) is 9.59 Å². The third-order valence-corrected chi connectivity index (χ3v) is 4.06. The molecule has 0 aliphatic rings. The number of hydrogen-bond donors (Lipinski definition) is 3. The Bertz CT molecular complexity index is 745. The minimum Gasteiger partial charge on any atom is -0.395 e. The molecule has 0 spiro atoms. The standard InChI is InChI=1S/C18H17IN2O3/c19-15-9-5-4-8-14(15)17(23)21-16(18(24)20-10-11-22)12-13-6-2-1-3-7-13/h1-9,12,22H,10-11H2,(H,20,24)(H,21,23)/b16-12+. The first-order chi connectivity index (χ1) is 11.6. The number of aliphatic hydroxyl groups excluding tert-OH is 1. The van der Waals surface area contributed by atoms with Crippen LogP contribution in [0.4, 0.5) is 0 Å². The van der Waals surface area contributed by atoms with Crippen LogP contribution in [-0.2, 0) is 4.79 Å². The lowest BCUT2D eigenvalue weighted by atomic mass is 10.1. The molecule has 0 fully saturated rings. The molecule has 2 amide bonds. The van der Waals surface area contributed by atoms with Crippen LogP contribution in [0.2, 0.25) is 0 Å². The molecule has 0 saturated heterocycles. The number of rotatable bonds is 6. The predicted octanol–water partition coefficient (Wildman–Crippen LogP) is 2.17. The molecule has 0 saturated carbocycles. The van der Waals surface area contributed by atoms with Crippen molar-refractivity contribution < 1.29 is 14.7 Å². The second-order valence-corrected chi connectivity index (χ2v) is 6.04. The maximum atomic E-state index is 12.5. The van der Waals surface area contributed by atoms with Crippen molar-refractivity contribution in [3.63, 3.8) is 0 Å². The van der Waals surface area contributed by atoms with Gasteiger partial charge in [-0.2, -0.15) is 0 Å². The lowest BCUT2D eigenvalue weighted by molar-refractivity contribution is -0.117. The fourth-order valence-corrected chi connectivity index (χ4v) is 2.61. The zero-order valence-corrected chi connectivity index (χ0v) is 15.0. The number of hydrogen-bond acceptors (Lipinski definition) is 3. The lowest BCUT2D eigenvalue weighted by Crippen LogP contribution is -2.36. The van der Waals surface area contributed by atoms with Crippen LogP contribution in [0.3, 0.4) is 0 Å². The van der Waals surface area contributed by atoms with Gasteiger partial charge in [0.1, 0.15) is 5.70 Å². The van der Waals surface area contributed by atoms with Crippen LogP contribution in [0.25, 0.3) is 6.08 Å². The summed E-state index contributed by atoms with van der Waals surface area (Å²) in [4.78, 5) is 24.7. The number of aliphatic hydroxyl groups is 1. The van der Waals surface area contributed by atoms with Gasteiger partial charge in [0.25, 0.3) is 11.8 Å².